The van der Waals surface area contributed by atoms with Crippen LogP contribution in [0.5, 0.6) is 0 Å². The summed E-state index contributed by atoms with van der Waals surface area (Å²) in [6.07, 6.45) is 1.74. The minimum absolute atomic E-state index is 0.154. The Bertz CT molecular complexity index is 1420. The third kappa shape index (κ3) is 4.16. The van der Waals surface area contributed by atoms with Gasteiger partial charge in [0.2, 0.25) is 0 Å². The second-order valence-electron chi connectivity index (χ2n) is 8.45. The molecule has 0 unspecified atom stereocenters. The van der Waals surface area contributed by atoms with Gasteiger partial charge in [-0.3, -0.25) is 25.2 Å². The second-order valence-corrected chi connectivity index (χ2v) is 8.45. The van der Waals surface area contributed by atoms with Gasteiger partial charge in [-0.1, -0.05) is 24.3 Å². The van der Waals surface area contributed by atoms with Gasteiger partial charge in [0, 0.05) is 25.1 Å². The van der Waals surface area contributed by atoms with Crippen LogP contribution in [0, 0.1) is 6.92 Å². The van der Waals surface area contributed by atoms with Crippen molar-refractivity contribution in [2.75, 3.05) is 0 Å². The average Bonchev–Trinajstić information content (AvgIpc) is 3.52. The number of hydrazine groups is 1. The van der Waals surface area contributed by atoms with Crippen LogP contribution in [0.1, 0.15) is 44.8 Å². The topological polar surface area (TPSA) is 109 Å². The number of rotatable bonds is 4. The number of nitrogens with zero attached hydrogens (tertiary/aromatic N) is 3. The van der Waals surface area contributed by atoms with Crippen molar-refractivity contribution in [3.05, 3.63) is 89.1 Å². The highest BCUT2D eigenvalue weighted by Crippen LogP contribution is 2.25. The molecule has 0 aliphatic carbocycles. The summed E-state index contributed by atoms with van der Waals surface area (Å²) in [6, 6.07) is 15.3. The van der Waals surface area contributed by atoms with E-state index >= 15 is 0 Å². The molecule has 0 radical (unpaired) electrons. The van der Waals surface area contributed by atoms with Crippen LogP contribution in [-0.4, -0.2) is 38.2 Å². The summed E-state index contributed by atoms with van der Waals surface area (Å²) in [6.45, 7) is 4.99. The summed E-state index contributed by atoms with van der Waals surface area (Å²) in [4.78, 5) is 45.0. The Hall–Kier alpha value is -4.40. The van der Waals surface area contributed by atoms with Crippen molar-refractivity contribution in [1.29, 1.82) is 0 Å². The third-order valence-corrected chi connectivity index (χ3v) is 6.36. The molecule has 0 saturated carbocycles. The summed E-state index contributed by atoms with van der Waals surface area (Å²) in [5, 5.41) is 0. The Morgan fingerprint density at radius 2 is 1.86 bits per heavy atom. The molecular weight excluding hydrogens is 446 g/mol. The molecule has 0 spiro atoms. The second kappa shape index (κ2) is 9.09. The smallest absolute Gasteiger partial charge is 0.290 e. The number of furan rings is 1. The van der Waals surface area contributed by atoms with Gasteiger partial charge >= 0.3 is 0 Å². The van der Waals surface area contributed by atoms with E-state index in [2.05, 4.69) is 20.4 Å². The molecule has 4 aromatic rings. The maximum Gasteiger partial charge on any atom is 0.290 e. The SMILES string of the molecule is CCn1c(C)nc2cc(C(=O)NNC(=O)[C@H]3Cc4ccccc4CN3C(=O)c3ccco3)ccc21. The summed E-state index contributed by atoms with van der Waals surface area (Å²) < 4.78 is 7.33. The number of nitrogens with one attached hydrogen (secondary N) is 2. The first-order valence-electron chi connectivity index (χ1n) is 11.4. The lowest BCUT2D eigenvalue weighted by atomic mass is 9.93. The van der Waals surface area contributed by atoms with E-state index in [0.29, 0.717) is 17.5 Å². The van der Waals surface area contributed by atoms with E-state index in [1.165, 1.54) is 11.2 Å². The van der Waals surface area contributed by atoms with Gasteiger partial charge in [0.25, 0.3) is 17.7 Å². The van der Waals surface area contributed by atoms with Crippen molar-refractivity contribution in [2.24, 2.45) is 0 Å². The fourth-order valence-electron chi connectivity index (χ4n) is 4.58. The molecule has 9 heteroatoms. The predicted octanol–water partition coefficient (Wildman–Crippen LogP) is 2.99. The number of hydrogen-bond acceptors (Lipinski definition) is 5. The normalized spacial score (nSPS) is 15.0. The Kier molecular flexibility index (Phi) is 5.82. The van der Waals surface area contributed by atoms with Crippen molar-refractivity contribution in [2.45, 2.75) is 39.4 Å². The minimum atomic E-state index is -0.812. The molecule has 2 aromatic heterocycles. The number of benzene rings is 2. The zero-order valence-electron chi connectivity index (χ0n) is 19.4. The highest BCUT2D eigenvalue weighted by Gasteiger charge is 2.36. The Balaban J connectivity index is 1.33. The van der Waals surface area contributed by atoms with Crippen LogP contribution in [0.15, 0.2) is 65.3 Å². The molecule has 9 nitrogen and oxygen atoms in total. The number of imidazole rings is 1. The van der Waals surface area contributed by atoms with Crippen LogP contribution >= 0.6 is 0 Å². The zero-order valence-corrected chi connectivity index (χ0v) is 19.4. The largest absolute Gasteiger partial charge is 0.459 e. The number of carbonyl (C=O) groups excluding carboxylic acids is 3. The third-order valence-electron chi connectivity index (χ3n) is 6.36. The van der Waals surface area contributed by atoms with Crippen molar-refractivity contribution >= 4 is 28.8 Å². The van der Waals surface area contributed by atoms with Gasteiger partial charge in [-0.25, -0.2) is 4.98 Å². The first kappa shape index (κ1) is 22.4. The van der Waals surface area contributed by atoms with E-state index in [1.807, 2.05) is 44.2 Å². The summed E-state index contributed by atoms with van der Waals surface area (Å²) in [5.41, 5.74) is 8.95. The van der Waals surface area contributed by atoms with E-state index < -0.39 is 17.9 Å². The van der Waals surface area contributed by atoms with Gasteiger partial charge < -0.3 is 13.9 Å². The molecule has 1 aliphatic rings. The number of amides is 3. The maximum absolute atomic E-state index is 13.2. The average molecular weight is 472 g/mol. The Morgan fingerprint density at radius 3 is 2.60 bits per heavy atom. The zero-order chi connectivity index (χ0) is 24.5. The molecule has 0 bridgehead atoms. The molecule has 5 rings (SSSR count). The molecule has 1 aliphatic heterocycles. The summed E-state index contributed by atoms with van der Waals surface area (Å²) in [7, 11) is 0. The van der Waals surface area contributed by atoms with Crippen LogP contribution in [0.25, 0.3) is 11.0 Å². The molecule has 1 atom stereocenters. The Labute approximate surface area is 201 Å². The van der Waals surface area contributed by atoms with E-state index in [9.17, 15) is 14.4 Å². The lowest BCUT2D eigenvalue weighted by molar-refractivity contribution is -0.127. The van der Waals surface area contributed by atoms with Gasteiger partial charge in [-0.15, -0.1) is 0 Å². The number of aryl methyl sites for hydroxylation is 2. The monoisotopic (exact) mass is 471 g/mol. The van der Waals surface area contributed by atoms with E-state index in [-0.39, 0.29) is 18.2 Å². The number of carbonyl (C=O) groups is 3. The fraction of sp³-hybridized carbons (Fsp3) is 0.231. The van der Waals surface area contributed by atoms with Crippen LogP contribution in [0.2, 0.25) is 0 Å². The van der Waals surface area contributed by atoms with E-state index in [4.69, 9.17) is 4.42 Å². The quantitative estimate of drug-likeness (QED) is 0.445. The van der Waals surface area contributed by atoms with Crippen molar-refractivity contribution in [3.8, 4) is 0 Å². The van der Waals surface area contributed by atoms with Crippen molar-refractivity contribution in [1.82, 2.24) is 25.3 Å². The van der Waals surface area contributed by atoms with Gasteiger partial charge in [0.05, 0.1) is 17.3 Å². The lowest BCUT2D eigenvalue weighted by Crippen LogP contribution is -2.56. The Morgan fingerprint density at radius 1 is 1.06 bits per heavy atom. The molecule has 3 heterocycles. The van der Waals surface area contributed by atoms with Gasteiger partial charge in [-0.2, -0.15) is 0 Å². The standard InChI is InChI=1S/C26H25N5O4/c1-3-30-16(2)27-20-13-18(10-11-21(20)30)24(32)28-29-25(33)22-14-17-7-4-5-8-19(17)15-31(22)26(34)23-9-6-12-35-23/h4-13,22H,3,14-15H2,1-2H3,(H,28,32)(H,29,33)/t22-/m1/s1. The maximum atomic E-state index is 13.2. The highest BCUT2D eigenvalue weighted by molar-refractivity contribution is 6.00. The van der Waals surface area contributed by atoms with E-state index in [1.54, 1.807) is 24.3 Å². The molecule has 3 amide bonds. The lowest BCUT2D eigenvalue weighted by Gasteiger charge is -2.35. The van der Waals surface area contributed by atoms with Gasteiger partial charge in [0.1, 0.15) is 11.9 Å². The molecule has 2 aromatic carbocycles. The number of fused-ring (bicyclic) bond motifs is 2. The molecule has 35 heavy (non-hydrogen) atoms. The highest BCUT2D eigenvalue weighted by atomic mass is 16.3. The molecule has 2 N–H and O–H groups in total. The first-order valence-corrected chi connectivity index (χ1v) is 11.4. The number of aromatic nitrogens is 2. The fourth-order valence-corrected chi connectivity index (χ4v) is 4.58. The predicted molar refractivity (Wildman–Crippen MR) is 128 cm³/mol. The van der Waals surface area contributed by atoms with Gasteiger partial charge in [0.15, 0.2) is 5.76 Å². The summed E-state index contributed by atoms with van der Waals surface area (Å²) in [5.74, 6) is -0.319. The number of hydrogen-bond donors (Lipinski definition) is 2. The van der Waals surface area contributed by atoms with Crippen LogP contribution in [0.4, 0.5) is 0 Å². The first-order chi connectivity index (χ1) is 17.0. The van der Waals surface area contributed by atoms with Crippen LogP contribution in [-0.2, 0) is 24.3 Å². The molecular formula is C26H25N5O4. The minimum Gasteiger partial charge on any atom is -0.459 e. The molecule has 0 saturated heterocycles. The van der Waals surface area contributed by atoms with Gasteiger partial charge in [-0.05, 0) is 55.3 Å². The summed E-state index contributed by atoms with van der Waals surface area (Å²) >= 11 is 0. The molecule has 0 fully saturated rings. The van der Waals surface area contributed by atoms with Crippen molar-refractivity contribution < 1.29 is 18.8 Å². The van der Waals surface area contributed by atoms with Crippen LogP contribution < -0.4 is 10.9 Å². The van der Waals surface area contributed by atoms with Crippen molar-refractivity contribution in [3.63, 3.8) is 0 Å². The van der Waals surface area contributed by atoms with E-state index in [0.717, 1.165) is 29.0 Å². The van der Waals surface area contributed by atoms with Crippen LogP contribution in [0.3, 0.4) is 0 Å². The molecule has 178 valence electrons.